The third kappa shape index (κ3) is 6.11. The van der Waals surface area contributed by atoms with Gasteiger partial charge in [0.1, 0.15) is 6.10 Å². The summed E-state index contributed by atoms with van der Waals surface area (Å²) < 4.78 is 7.86. The molecule has 32 heavy (non-hydrogen) atoms. The largest absolute Gasteiger partial charge is 0.370 e. The fraction of sp³-hybridized carbons (Fsp3) is 0.600. The van der Waals surface area contributed by atoms with Crippen LogP contribution in [0.3, 0.4) is 0 Å². The van der Waals surface area contributed by atoms with Crippen LogP contribution < -0.4 is 5.32 Å². The monoisotopic (exact) mass is 438 g/mol. The molecule has 1 aromatic carbocycles. The maximum atomic E-state index is 6.03. The summed E-state index contributed by atoms with van der Waals surface area (Å²) in [6.45, 7) is 9.45. The molecule has 2 aromatic rings. The number of guanidine groups is 1. The maximum absolute atomic E-state index is 6.03. The first kappa shape index (κ1) is 22.8. The molecule has 174 valence electrons. The Kier molecular flexibility index (Phi) is 8.18. The van der Waals surface area contributed by atoms with Gasteiger partial charge < -0.3 is 15.0 Å². The molecular formula is C25H38N6O. The summed E-state index contributed by atoms with van der Waals surface area (Å²) in [6.07, 6.45) is 9.34. The third-order valence-corrected chi connectivity index (χ3v) is 6.41. The third-order valence-electron chi connectivity index (χ3n) is 6.41. The number of ether oxygens (including phenoxy) is 1. The van der Waals surface area contributed by atoms with E-state index >= 15 is 0 Å². The fourth-order valence-corrected chi connectivity index (χ4v) is 4.64. The standard InChI is InChI=1S/C25H38N6O/c1-3-26-25(31-14-15-32-24(20-31)23-17-28-29(2)18-23)27-16-21-10-6-7-11-22(21)19-30-12-8-4-5-9-13-30/h6-7,10-11,17-18,24H,3-5,8-9,12-16,19-20H2,1-2H3,(H,26,27). The quantitative estimate of drug-likeness (QED) is 0.554. The van der Waals surface area contributed by atoms with Crippen molar-refractivity contribution in [3.05, 3.63) is 53.3 Å². The van der Waals surface area contributed by atoms with E-state index in [-0.39, 0.29) is 6.10 Å². The Morgan fingerprint density at radius 2 is 1.91 bits per heavy atom. The predicted octanol–water partition coefficient (Wildman–Crippen LogP) is 3.34. The molecule has 2 saturated heterocycles. The molecule has 1 N–H and O–H groups in total. The second kappa shape index (κ2) is 11.5. The van der Waals surface area contributed by atoms with E-state index in [1.54, 1.807) is 0 Å². The van der Waals surface area contributed by atoms with E-state index in [2.05, 4.69) is 51.4 Å². The minimum atomic E-state index is 0.0247. The molecular weight excluding hydrogens is 400 g/mol. The smallest absolute Gasteiger partial charge is 0.194 e. The molecule has 0 amide bonds. The van der Waals surface area contributed by atoms with Crippen molar-refractivity contribution in [1.82, 2.24) is 24.9 Å². The van der Waals surface area contributed by atoms with Gasteiger partial charge >= 0.3 is 0 Å². The van der Waals surface area contributed by atoms with E-state index < -0.39 is 0 Å². The van der Waals surface area contributed by atoms with Crippen LogP contribution in [0.5, 0.6) is 0 Å². The number of hydrogen-bond donors (Lipinski definition) is 1. The molecule has 3 heterocycles. The predicted molar refractivity (Wildman–Crippen MR) is 128 cm³/mol. The molecule has 1 unspecified atom stereocenters. The van der Waals surface area contributed by atoms with Crippen molar-refractivity contribution in [2.75, 3.05) is 39.3 Å². The first-order valence-corrected chi connectivity index (χ1v) is 12.2. The molecule has 1 atom stereocenters. The van der Waals surface area contributed by atoms with Crippen LogP contribution in [0, 0.1) is 0 Å². The highest BCUT2D eigenvalue weighted by Crippen LogP contribution is 2.22. The minimum absolute atomic E-state index is 0.0247. The van der Waals surface area contributed by atoms with Crippen LogP contribution in [-0.2, 0) is 24.9 Å². The van der Waals surface area contributed by atoms with Gasteiger partial charge in [-0.05, 0) is 44.0 Å². The molecule has 4 rings (SSSR count). The molecule has 7 heteroatoms. The Balaban J connectivity index is 1.45. The van der Waals surface area contributed by atoms with Gasteiger partial charge in [0.15, 0.2) is 5.96 Å². The lowest BCUT2D eigenvalue weighted by Gasteiger charge is -2.34. The Hall–Kier alpha value is -2.38. The van der Waals surface area contributed by atoms with E-state index in [9.17, 15) is 0 Å². The highest BCUT2D eigenvalue weighted by molar-refractivity contribution is 5.80. The van der Waals surface area contributed by atoms with E-state index in [0.717, 1.165) is 37.7 Å². The van der Waals surface area contributed by atoms with Gasteiger partial charge in [-0.1, -0.05) is 37.1 Å². The molecule has 0 aliphatic carbocycles. The fourth-order valence-electron chi connectivity index (χ4n) is 4.64. The molecule has 0 bridgehead atoms. The lowest BCUT2D eigenvalue weighted by atomic mass is 10.1. The lowest BCUT2D eigenvalue weighted by Crippen LogP contribution is -2.48. The van der Waals surface area contributed by atoms with Crippen molar-refractivity contribution < 1.29 is 4.74 Å². The van der Waals surface area contributed by atoms with E-state index in [4.69, 9.17) is 9.73 Å². The van der Waals surface area contributed by atoms with Crippen molar-refractivity contribution in [3.63, 3.8) is 0 Å². The summed E-state index contributed by atoms with van der Waals surface area (Å²) >= 11 is 0. The average Bonchev–Trinajstić information content (AvgIpc) is 3.09. The van der Waals surface area contributed by atoms with Gasteiger partial charge in [0.25, 0.3) is 0 Å². The van der Waals surface area contributed by atoms with Crippen LogP contribution in [0.15, 0.2) is 41.7 Å². The van der Waals surface area contributed by atoms with Gasteiger partial charge in [-0.25, -0.2) is 4.99 Å². The molecule has 1 aromatic heterocycles. The van der Waals surface area contributed by atoms with Crippen LogP contribution >= 0.6 is 0 Å². The topological polar surface area (TPSA) is 57.9 Å². The van der Waals surface area contributed by atoms with Gasteiger partial charge in [0, 0.05) is 38.4 Å². The molecule has 0 spiro atoms. The summed E-state index contributed by atoms with van der Waals surface area (Å²) in [5.74, 6) is 0.967. The number of nitrogens with one attached hydrogen (secondary N) is 1. The Labute approximate surface area is 192 Å². The Morgan fingerprint density at radius 3 is 2.62 bits per heavy atom. The summed E-state index contributed by atoms with van der Waals surface area (Å²) in [4.78, 5) is 9.98. The highest BCUT2D eigenvalue weighted by Gasteiger charge is 2.25. The SMILES string of the molecule is CCNC(=NCc1ccccc1CN1CCCCCC1)N1CCOC(c2cnn(C)c2)C1. The first-order valence-electron chi connectivity index (χ1n) is 12.2. The lowest BCUT2D eigenvalue weighted by molar-refractivity contribution is -0.00805. The van der Waals surface area contributed by atoms with E-state index in [0.29, 0.717) is 13.2 Å². The molecule has 7 nitrogen and oxygen atoms in total. The molecule has 0 saturated carbocycles. The second-order valence-corrected chi connectivity index (χ2v) is 8.88. The molecule has 2 aliphatic rings. The minimum Gasteiger partial charge on any atom is -0.370 e. The molecule has 2 fully saturated rings. The zero-order chi connectivity index (χ0) is 22.2. The van der Waals surface area contributed by atoms with Crippen molar-refractivity contribution in [2.24, 2.45) is 12.0 Å². The van der Waals surface area contributed by atoms with Crippen molar-refractivity contribution in [3.8, 4) is 0 Å². The maximum Gasteiger partial charge on any atom is 0.194 e. The van der Waals surface area contributed by atoms with Gasteiger partial charge in [-0.2, -0.15) is 5.10 Å². The van der Waals surface area contributed by atoms with E-state index in [1.165, 1.54) is 49.9 Å². The summed E-state index contributed by atoms with van der Waals surface area (Å²) in [6, 6.07) is 8.80. The summed E-state index contributed by atoms with van der Waals surface area (Å²) in [5, 5.41) is 7.80. The number of aryl methyl sites for hydroxylation is 1. The number of likely N-dealkylation sites (tertiary alicyclic amines) is 1. The van der Waals surface area contributed by atoms with Gasteiger partial charge in [-0.3, -0.25) is 9.58 Å². The van der Waals surface area contributed by atoms with Crippen molar-refractivity contribution in [1.29, 1.82) is 0 Å². The summed E-state index contributed by atoms with van der Waals surface area (Å²) in [7, 11) is 1.94. The summed E-state index contributed by atoms with van der Waals surface area (Å²) in [5.41, 5.74) is 3.85. The zero-order valence-electron chi connectivity index (χ0n) is 19.7. The Bertz CT molecular complexity index is 871. The van der Waals surface area contributed by atoms with Gasteiger partial charge in [0.2, 0.25) is 0 Å². The Morgan fingerprint density at radius 1 is 1.12 bits per heavy atom. The normalized spacial score (nSPS) is 20.9. The van der Waals surface area contributed by atoms with Gasteiger partial charge in [-0.15, -0.1) is 0 Å². The van der Waals surface area contributed by atoms with Crippen LogP contribution in [0.25, 0.3) is 0 Å². The zero-order valence-corrected chi connectivity index (χ0v) is 19.7. The van der Waals surface area contributed by atoms with Crippen LogP contribution in [-0.4, -0.2) is 64.9 Å². The number of aliphatic imine (C=N–C) groups is 1. The van der Waals surface area contributed by atoms with Crippen LogP contribution in [0.4, 0.5) is 0 Å². The molecule has 0 radical (unpaired) electrons. The van der Waals surface area contributed by atoms with Crippen LogP contribution in [0.2, 0.25) is 0 Å². The van der Waals surface area contributed by atoms with Crippen molar-refractivity contribution in [2.45, 2.75) is 51.8 Å². The number of rotatable bonds is 6. The first-order chi connectivity index (χ1) is 15.7. The highest BCUT2D eigenvalue weighted by atomic mass is 16.5. The second-order valence-electron chi connectivity index (χ2n) is 8.88. The number of benzene rings is 1. The molecule has 2 aliphatic heterocycles. The number of morpholine rings is 1. The van der Waals surface area contributed by atoms with Crippen LogP contribution in [0.1, 0.15) is 55.4 Å². The number of aromatic nitrogens is 2. The van der Waals surface area contributed by atoms with Crippen molar-refractivity contribution >= 4 is 5.96 Å². The number of hydrogen-bond acceptors (Lipinski definition) is 4. The van der Waals surface area contributed by atoms with E-state index in [1.807, 2.05) is 24.1 Å². The number of nitrogens with zero attached hydrogens (tertiary/aromatic N) is 5. The average molecular weight is 439 g/mol. The van der Waals surface area contributed by atoms with Gasteiger partial charge in [0.05, 0.1) is 25.9 Å².